The SMILES string of the molecule is Cc1c(-c2cccc(S(C)(=O)=O)c2)sc2c(N3CCOCC3)nc(-c3cnccn3)nc12. The summed E-state index contributed by atoms with van der Waals surface area (Å²) in [5.41, 5.74) is 3.28. The number of rotatable bonds is 4. The molecule has 1 saturated heterocycles. The molecule has 4 aromatic rings. The van der Waals surface area contributed by atoms with E-state index in [1.165, 1.54) is 6.26 Å². The average Bonchev–Trinajstić information content (AvgIpc) is 3.15. The average molecular weight is 468 g/mol. The Hall–Kier alpha value is -2.95. The molecule has 0 N–H and O–H groups in total. The molecular weight excluding hydrogens is 446 g/mol. The minimum absolute atomic E-state index is 0.298. The molecule has 0 aliphatic carbocycles. The third-order valence-corrected chi connectivity index (χ3v) is 7.81. The van der Waals surface area contributed by atoms with Crippen LogP contribution in [0.3, 0.4) is 0 Å². The first-order chi connectivity index (χ1) is 15.4. The van der Waals surface area contributed by atoms with E-state index in [2.05, 4.69) is 14.9 Å². The first-order valence-corrected chi connectivity index (χ1v) is 12.8. The van der Waals surface area contributed by atoms with Gasteiger partial charge in [0, 0.05) is 36.6 Å². The zero-order valence-corrected chi connectivity index (χ0v) is 19.3. The monoisotopic (exact) mass is 467 g/mol. The zero-order valence-electron chi connectivity index (χ0n) is 17.6. The van der Waals surface area contributed by atoms with Crippen LogP contribution in [0.25, 0.3) is 32.2 Å². The van der Waals surface area contributed by atoms with Gasteiger partial charge >= 0.3 is 0 Å². The minimum atomic E-state index is -3.30. The molecule has 0 unspecified atom stereocenters. The molecule has 1 aromatic carbocycles. The first kappa shape index (κ1) is 20.9. The number of fused-ring (bicyclic) bond motifs is 1. The van der Waals surface area contributed by atoms with Crippen LogP contribution in [-0.2, 0) is 14.6 Å². The van der Waals surface area contributed by atoms with Gasteiger partial charge in [0.2, 0.25) is 0 Å². The standard InChI is InChI=1S/C22H21N5O3S2/c1-14-18-20(31-19(14)15-4-3-5-16(12-15)32(2,28)29)22(27-8-10-30-11-9-27)26-21(25-18)17-13-23-6-7-24-17/h3-7,12-13H,8-11H2,1-2H3. The Morgan fingerprint density at radius 3 is 2.66 bits per heavy atom. The van der Waals surface area contributed by atoms with E-state index < -0.39 is 9.84 Å². The summed E-state index contributed by atoms with van der Waals surface area (Å²) >= 11 is 1.58. The van der Waals surface area contributed by atoms with Gasteiger partial charge in [-0.2, -0.15) is 0 Å². The van der Waals surface area contributed by atoms with Crippen LogP contribution >= 0.6 is 11.3 Å². The van der Waals surface area contributed by atoms with Crippen molar-refractivity contribution >= 4 is 37.2 Å². The van der Waals surface area contributed by atoms with E-state index in [0.717, 1.165) is 45.1 Å². The molecule has 3 aromatic heterocycles. The van der Waals surface area contributed by atoms with E-state index >= 15 is 0 Å². The number of hydrogen-bond donors (Lipinski definition) is 0. The largest absolute Gasteiger partial charge is 0.378 e. The van der Waals surface area contributed by atoms with Crippen LogP contribution in [0.2, 0.25) is 0 Å². The Kier molecular flexibility index (Phi) is 5.36. The van der Waals surface area contributed by atoms with Crippen molar-refractivity contribution in [3.63, 3.8) is 0 Å². The molecule has 0 bridgehead atoms. The van der Waals surface area contributed by atoms with Gasteiger partial charge in [0.1, 0.15) is 5.69 Å². The lowest BCUT2D eigenvalue weighted by molar-refractivity contribution is 0.122. The molecule has 0 spiro atoms. The van der Waals surface area contributed by atoms with Gasteiger partial charge in [-0.25, -0.2) is 23.4 Å². The van der Waals surface area contributed by atoms with Crippen LogP contribution in [0.1, 0.15) is 5.56 Å². The van der Waals surface area contributed by atoms with Crippen LogP contribution in [0.15, 0.2) is 47.8 Å². The van der Waals surface area contributed by atoms with Gasteiger partial charge in [-0.05, 0) is 30.2 Å². The second-order valence-corrected chi connectivity index (χ2v) is 10.6. The molecule has 5 rings (SSSR count). The molecule has 1 aliphatic rings. The molecule has 4 heterocycles. The predicted molar refractivity (Wildman–Crippen MR) is 125 cm³/mol. The third-order valence-electron chi connectivity index (χ3n) is 5.37. The lowest BCUT2D eigenvalue weighted by atomic mass is 10.1. The maximum atomic E-state index is 12.1. The fourth-order valence-corrected chi connectivity index (χ4v) is 5.66. The van der Waals surface area contributed by atoms with Crippen molar-refractivity contribution in [1.82, 2.24) is 19.9 Å². The highest BCUT2D eigenvalue weighted by atomic mass is 32.2. The normalized spacial score (nSPS) is 14.8. The number of hydrogen-bond acceptors (Lipinski definition) is 9. The van der Waals surface area contributed by atoms with Gasteiger partial charge in [0.25, 0.3) is 0 Å². The van der Waals surface area contributed by atoms with Gasteiger partial charge in [0.05, 0.1) is 34.5 Å². The molecule has 32 heavy (non-hydrogen) atoms. The first-order valence-electron chi connectivity index (χ1n) is 10.1. The summed E-state index contributed by atoms with van der Waals surface area (Å²) in [5, 5.41) is 0. The fraction of sp³-hybridized carbons (Fsp3) is 0.273. The van der Waals surface area contributed by atoms with Gasteiger partial charge < -0.3 is 9.64 Å². The summed E-state index contributed by atoms with van der Waals surface area (Å²) in [6, 6.07) is 7.04. The smallest absolute Gasteiger partial charge is 0.182 e. The Bertz CT molecular complexity index is 1400. The number of nitrogens with zero attached hydrogens (tertiary/aromatic N) is 5. The van der Waals surface area contributed by atoms with E-state index in [1.54, 1.807) is 48.1 Å². The van der Waals surface area contributed by atoms with E-state index in [-0.39, 0.29) is 0 Å². The molecular formula is C22H21N5O3S2. The zero-order chi connectivity index (χ0) is 22.3. The van der Waals surface area contributed by atoms with Gasteiger partial charge in [-0.15, -0.1) is 11.3 Å². The van der Waals surface area contributed by atoms with Crippen LogP contribution in [0, 0.1) is 6.92 Å². The topological polar surface area (TPSA) is 98.2 Å². The Morgan fingerprint density at radius 1 is 1.12 bits per heavy atom. The Morgan fingerprint density at radius 2 is 1.94 bits per heavy atom. The van der Waals surface area contributed by atoms with Crippen molar-refractivity contribution < 1.29 is 13.2 Å². The number of aromatic nitrogens is 4. The van der Waals surface area contributed by atoms with Crippen molar-refractivity contribution in [3.05, 3.63) is 48.4 Å². The number of aryl methyl sites for hydroxylation is 1. The van der Waals surface area contributed by atoms with E-state index in [0.29, 0.717) is 29.6 Å². The quantitative estimate of drug-likeness (QED) is 0.451. The molecule has 164 valence electrons. The fourth-order valence-electron chi connectivity index (χ4n) is 3.73. The van der Waals surface area contributed by atoms with Gasteiger partial charge in [-0.1, -0.05) is 12.1 Å². The summed E-state index contributed by atoms with van der Waals surface area (Å²) in [6.07, 6.45) is 6.12. The maximum absolute atomic E-state index is 12.1. The summed E-state index contributed by atoms with van der Waals surface area (Å²) < 4.78 is 30.7. The molecule has 0 radical (unpaired) electrons. The summed E-state index contributed by atoms with van der Waals surface area (Å²) in [7, 11) is -3.30. The predicted octanol–water partition coefficient (Wildman–Crippen LogP) is 3.36. The molecule has 10 heteroatoms. The summed E-state index contributed by atoms with van der Waals surface area (Å²) in [6.45, 7) is 4.76. The lowest BCUT2D eigenvalue weighted by Crippen LogP contribution is -2.36. The highest BCUT2D eigenvalue weighted by Crippen LogP contribution is 2.42. The second-order valence-electron chi connectivity index (χ2n) is 7.59. The number of morpholine rings is 1. The van der Waals surface area contributed by atoms with E-state index in [9.17, 15) is 8.42 Å². The number of ether oxygens (including phenoxy) is 1. The van der Waals surface area contributed by atoms with E-state index in [4.69, 9.17) is 14.7 Å². The highest BCUT2D eigenvalue weighted by Gasteiger charge is 2.23. The van der Waals surface area contributed by atoms with Gasteiger partial charge in [0.15, 0.2) is 21.5 Å². The lowest BCUT2D eigenvalue weighted by Gasteiger charge is -2.28. The Balaban J connectivity index is 1.73. The van der Waals surface area contributed by atoms with E-state index in [1.807, 2.05) is 13.0 Å². The molecule has 1 aliphatic heterocycles. The summed E-state index contributed by atoms with van der Waals surface area (Å²) in [5.74, 6) is 1.36. The minimum Gasteiger partial charge on any atom is -0.378 e. The Labute approximate surface area is 189 Å². The molecule has 8 nitrogen and oxygen atoms in total. The van der Waals surface area contributed by atoms with Crippen molar-refractivity contribution in [2.45, 2.75) is 11.8 Å². The van der Waals surface area contributed by atoms with Crippen LogP contribution in [-0.4, -0.2) is 60.9 Å². The highest BCUT2D eigenvalue weighted by molar-refractivity contribution is 7.90. The van der Waals surface area contributed by atoms with Crippen LogP contribution in [0.4, 0.5) is 5.82 Å². The van der Waals surface area contributed by atoms with Crippen molar-refractivity contribution in [1.29, 1.82) is 0 Å². The number of thiophene rings is 1. The summed E-state index contributed by atoms with van der Waals surface area (Å²) in [4.78, 5) is 21.7. The molecule has 0 atom stereocenters. The van der Waals surface area contributed by atoms with Crippen LogP contribution in [0.5, 0.6) is 0 Å². The number of anilines is 1. The third kappa shape index (κ3) is 3.85. The van der Waals surface area contributed by atoms with Crippen LogP contribution < -0.4 is 4.90 Å². The number of sulfone groups is 1. The van der Waals surface area contributed by atoms with Crippen molar-refractivity contribution in [2.75, 3.05) is 37.5 Å². The number of benzene rings is 1. The maximum Gasteiger partial charge on any atom is 0.182 e. The van der Waals surface area contributed by atoms with Crippen molar-refractivity contribution in [2.24, 2.45) is 0 Å². The van der Waals surface area contributed by atoms with Crippen molar-refractivity contribution in [3.8, 4) is 22.0 Å². The molecule has 0 amide bonds. The van der Waals surface area contributed by atoms with Gasteiger partial charge in [-0.3, -0.25) is 4.98 Å². The second kappa shape index (κ2) is 8.19. The molecule has 1 fully saturated rings. The molecule has 0 saturated carbocycles.